The van der Waals surface area contributed by atoms with Crippen LogP contribution in [0.5, 0.6) is 5.75 Å². The van der Waals surface area contributed by atoms with E-state index in [-0.39, 0.29) is 12.1 Å². The van der Waals surface area contributed by atoms with Crippen molar-refractivity contribution in [3.63, 3.8) is 0 Å². The maximum Gasteiger partial charge on any atom is 0.315 e. The summed E-state index contributed by atoms with van der Waals surface area (Å²) in [7, 11) is 0. The Morgan fingerprint density at radius 3 is 2.89 bits per heavy atom. The number of rotatable bonds is 5. The van der Waals surface area contributed by atoms with Crippen molar-refractivity contribution in [2.24, 2.45) is 0 Å². The fraction of sp³-hybridized carbons (Fsp3) is 0.261. The zero-order valence-electron chi connectivity index (χ0n) is 15.5. The first-order valence-corrected chi connectivity index (χ1v) is 9.44. The average molecular weight is 360 g/mol. The highest BCUT2D eigenvalue weighted by molar-refractivity contribution is 5.86. The third-order valence-corrected chi connectivity index (χ3v) is 4.99. The molecule has 0 saturated carbocycles. The van der Waals surface area contributed by atoms with Gasteiger partial charge in [0.25, 0.3) is 0 Å². The monoisotopic (exact) mass is 360 g/mol. The van der Waals surface area contributed by atoms with Crippen LogP contribution in [0.3, 0.4) is 0 Å². The third-order valence-electron chi connectivity index (χ3n) is 4.99. The average Bonchev–Trinajstić information content (AvgIpc) is 3.14. The lowest BCUT2D eigenvalue weighted by molar-refractivity contribution is 0.237. The van der Waals surface area contributed by atoms with E-state index in [0.717, 1.165) is 30.8 Å². The maximum atomic E-state index is 12.3. The summed E-state index contributed by atoms with van der Waals surface area (Å²) in [5.74, 6) is 0.993. The molecule has 3 aromatic carbocycles. The molecule has 1 aliphatic rings. The minimum atomic E-state index is -0.139. The van der Waals surface area contributed by atoms with E-state index in [2.05, 4.69) is 47.0 Å². The van der Waals surface area contributed by atoms with Crippen molar-refractivity contribution >= 4 is 16.8 Å². The molecule has 1 aliphatic heterocycles. The Bertz CT molecular complexity index is 962. The standard InChI is InChI=1S/C23H24N2O2/c1-16(13-17-9-10-22-19(14-17)11-12-27-22)25-23(26)24-15-20-7-4-6-18-5-2-3-8-21(18)20/h2-10,14,16H,11-13,15H2,1H3,(H2,24,25,26). The highest BCUT2D eigenvalue weighted by Crippen LogP contribution is 2.26. The minimum Gasteiger partial charge on any atom is -0.493 e. The van der Waals surface area contributed by atoms with Crippen molar-refractivity contribution < 1.29 is 9.53 Å². The van der Waals surface area contributed by atoms with E-state index in [4.69, 9.17) is 4.74 Å². The van der Waals surface area contributed by atoms with Crippen molar-refractivity contribution in [2.45, 2.75) is 32.4 Å². The van der Waals surface area contributed by atoms with E-state index in [1.165, 1.54) is 21.9 Å². The van der Waals surface area contributed by atoms with Gasteiger partial charge in [-0.05, 0) is 46.9 Å². The van der Waals surface area contributed by atoms with Crippen LogP contribution in [-0.2, 0) is 19.4 Å². The van der Waals surface area contributed by atoms with Crippen LogP contribution < -0.4 is 15.4 Å². The molecule has 4 heteroatoms. The van der Waals surface area contributed by atoms with Gasteiger partial charge in [-0.15, -0.1) is 0 Å². The maximum absolute atomic E-state index is 12.3. The second-order valence-electron chi connectivity index (χ2n) is 7.11. The molecule has 0 fully saturated rings. The Kier molecular flexibility index (Phi) is 4.97. The molecule has 0 aromatic heterocycles. The Morgan fingerprint density at radius 1 is 1.11 bits per heavy atom. The van der Waals surface area contributed by atoms with Crippen LogP contribution in [0.25, 0.3) is 10.8 Å². The number of carbonyl (C=O) groups is 1. The van der Waals surface area contributed by atoms with Crippen LogP contribution >= 0.6 is 0 Å². The van der Waals surface area contributed by atoms with Gasteiger partial charge in [0.1, 0.15) is 5.75 Å². The third kappa shape index (κ3) is 4.05. The van der Waals surface area contributed by atoms with Gasteiger partial charge in [0, 0.05) is 19.0 Å². The Labute approximate surface area is 159 Å². The zero-order valence-corrected chi connectivity index (χ0v) is 15.5. The van der Waals surface area contributed by atoms with Gasteiger partial charge in [-0.1, -0.05) is 54.6 Å². The molecule has 3 aromatic rings. The first kappa shape index (κ1) is 17.4. The zero-order chi connectivity index (χ0) is 18.6. The lowest BCUT2D eigenvalue weighted by Crippen LogP contribution is -2.41. The lowest BCUT2D eigenvalue weighted by atomic mass is 10.0. The molecular weight excluding hydrogens is 336 g/mol. The predicted octanol–water partition coefficient (Wildman–Crippen LogP) is 4.21. The van der Waals surface area contributed by atoms with Crippen LogP contribution in [-0.4, -0.2) is 18.7 Å². The number of carbonyl (C=O) groups excluding carboxylic acids is 1. The molecule has 1 unspecified atom stereocenters. The van der Waals surface area contributed by atoms with E-state index < -0.39 is 0 Å². The quantitative estimate of drug-likeness (QED) is 0.716. The molecule has 2 N–H and O–H groups in total. The number of fused-ring (bicyclic) bond motifs is 2. The molecule has 2 amide bonds. The molecule has 1 atom stereocenters. The van der Waals surface area contributed by atoms with Gasteiger partial charge in [0.05, 0.1) is 6.61 Å². The molecule has 0 aliphatic carbocycles. The highest BCUT2D eigenvalue weighted by atomic mass is 16.5. The first-order chi connectivity index (χ1) is 13.2. The summed E-state index contributed by atoms with van der Waals surface area (Å²) >= 11 is 0. The Balaban J connectivity index is 1.32. The fourth-order valence-corrected chi connectivity index (χ4v) is 3.67. The molecule has 27 heavy (non-hydrogen) atoms. The van der Waals surface area contributed by atoms with E-state index in [1.807, 2.05) is 31.2 Å². The smallest absolute Gasteiger partial charge is 0.315 e. The summed E-state index contributed by atoms with van der Waals surface area (Å²) in [6.07, 6.45) is 1.77. The van der Waals surface area contributed by atoms with Gasteiger partial charge >= 0.3 is 6.03 Å². The largest absolute Gasteiger partial charge is 0.493 e. The molecule has 4 rings (SSSR count). The predicted molar refractivity (Wildman–Crippen MR) is 108 cm³/mol. The molecule has 1 heterocycles. The number of benzene rings is 3. The summed E-state index contributed by atoms with van der Waals surface area (Å²) < 4.78 is 5.55. The summed E-state index contributed by atoms with van der Waals surface area (Å²) in [5.41, 5.74) is 3.61. The van der Waals surface area contributed by atoms with E-state index in [1.54, 1.807) is 0 Å². The SMILES string of the molecule is CC(Cc1ccc2c(c1)CCO2)NC(=O)NCc1cccc2ccccc12. The number of nitrogens with one attached hydrogen (secondary N) is 2. The van der Waals surface area contributed by atoms with Gasteiger partial charge < -0.3 is 15.4 Å². The summed E-state index contributed by atoms with van der Waals surface area (Å²) in [6, 6.07) is 20.6. The van der Waals surface area contributed by atoms with Crippen molar-refractivity contribution in [3.8, 4) is 5.75 Å². The van der Waals surface area contributed by atoms with E-state index >= 15 is 0 Å². The summed E-state index contributed by atoms with van der Waals surface area (Å²) in [6.45, 7) is 3.31. The van der Waals surface area contributed by atoms with Crippen molar-refractivity contribution in [1.29, 1.82) is 0 Å². The number of urea groups is 1. The Hall–Kier alpha value is -3.01. The highest BCUT2D eigenvalue weighted by Gasteiger charge is 2.14. The summed E-state index contributed by atoms with van der Waals surface area (Å²) in [5, 5.41) is 8.37. The number of hydrogen-bond acceptors (Lipinski definition) is 2. The van der Waals surface area contributed by atoms with Crippen molar-refractivity contribution in [1.82, 2.24) is 10.6 Å². The van der Waals surface area contributed by atoms with E-state index in [9.17, 15) is 4.79 Å². The van der Waals surface area contributed by atoms with Gasteiger partial charge in [-0.25, -0.2) is 4.79 Å². The fourth-order valence-electron chi connectivity index (χ4n) is 3.67. The van der Waals surface area contributed by atoms with Crippen molar-refractivity contribution in [3.05, 3.63) is 77.4 Å². The second-order valence-corrected chi connectivity index (χ2v) is 7.11. The molecular formula is C23H24N2O2. The normalized spacial score (nSPS) is 13.7. The van der Waals surface area contributed by atoms with Crippen LogP contribution in [0.15, 0.2) is 60.7 Å². The second kappa shape index (κ2) is 7.70. The lowest BCUT2D eigenvalue weighted by Gasteiger charge is -2.16. The van der Waals surface area contributed by atoms with Gasteiger partial charge in [-0.3, -0.25) is 0 Å². The van der Waals surface area contributed by atoms with Gasteiger partial charge in [0.2, 0.25) is 0 Å². The van der Waals surface area contributed by atoms with Crippen LogP contribution in [0.2, 0.25) is 0 Å². The van der Waals surface area contributed by atoms with Gasteiger partial charge in [-0.2, -0.15) is 0 Å². The number of amides is 2. The minimum absolute atomic E-state index is 0.0536. The molecule has 0 bridgehead atoms. The van der Waals surface area contributed by atoms with E-state index in [0.29, 0.717) is 6.54 Å². The summed E-state index contributed by atoms with van der Waals surface area (Å²) in [4.78, 5) is 12.3. The molecule has 4 nitrogen and oxygen atoms in total. The molecule has 0 saturated heterocycles. The van der Waals surface area contributed by atoms with Crippen LogP contribution in [0.4, 0.5) is 4.79 Å². The van der Waals surface area contributed by atoms with Gasteiger partial charge in [0.15, 0.2) is 0 Å². The van der Waals surface area contributed by atoms with Crippen LogP contribution in [0.1, 0.15) is 23.6 Å². The molecule has 0 radical (unpaired) electrons. The Morgan fingerprint density at radius 2 is 1.96 bits per heavy atom. The topological polar surface area (TPSA) is 50.4 Å². The molecule has 138 valence electrons. The number of ether oxygens (including phenoxy) is 1. The van der Waals surface area contributed by atoms with Crippen LogP contribution in [0, 0.1) is 0 Å². The molecule has 0 spiro atoms. The first-order valence-electron chi connectivity index (χ1n) is 9.44. The van der Waals surface area contributed by atoms with Crippen molar-refractivity contribution in [2.75, 3.05) is 6.61 Å². The number of hydrogen-bond donors (Lipinski definition) is 2.